The number of hydrogen-bond donors (Lipinski definition) is 5. The summed E-state index contributed by atoms with van der Waals surface area (Å²) >= 11 is 0. The maximum absolute atomic E-state index is 15.4. The molecule has 0 saturated carbocycles. The molecule has 4 aliphatic heterocycles. The summed E-state index contributed by atoms with van der Waals surface area (Å²) in [5.74, 6) is -1.98. The molecule has 0 bridgehead atoms. The molecule has 4 aliphatic rings. The molecule has 4 aromatic rings. The number of aliphatic hydroxyl groups is 1. The van der Waals surface area contributed by atoms with E-state index in [4.69, 9.17) is 9.47 Å². The van der Waals surface area contributed by atoms with Crippen molar-refractivity contribution in [3.05, 3.63) is 125 Å². The van der Waals surface area contributed by atoms with Crippen molar-refractivity contribution in [1.29, 1.82) is 0 Å². The summed E-state index contributed by atoms with van der Waals surface area (Å²) in [5.41, 5.74) is 0.169. The molecular formula is C49H55N7O9. The number of benzene rings is 4. The van der Waals surface area contributed by atoms with Gasteiger partial charge in [-0.25, -0.2) is 9.59 Å². The van der Waals surface area contributed by atoms with Gasteiger partial charge < -0.3 is 40.7 Å². The lowest BCUT2D eigenvalue weighted by Crippen LogP contribution is -2.63. The number of fused-ring (bicyclic) bond motifs is 7. The van der Waals surface area contributed by atoms with Crippen LogP contribution in [0.2, 0.25) is 0 Å². The molecule has 1 saturated heterocycles. The van der Waals surface area contributed by atoms with Crippen LogP contribution < -0.4 is 31.1 Å². The highest BCUT2D eigenvalue weighted by molar-refractivity contribution is 6.15. The normalized spacial score (nSPS) is 22.3. The van der Waals surface area contributed by atoms with E-state index in [1.807, 2.05) is 44.2 Å². The highest BCUT2D eigenvalue weighted by atomic mass is 16.6. The number of alkyl carbamates (subject to hydrolysis) is 2. The minimum absolute atomic E-state index is 0.00758. The van der Waals surface area contributed by atoms with Gasteiger partial charge in [0.25, 0.3) is 17.7 Å². The Morgan fingerprint density at radius 3 is 2.20 bits per heavy atom. The third-order valence-corrected chi connectivity index (χ3v) is 12.1. The zero-order valence-corrected chi connectivity index (χ0v) is 37.1. The van der Waals surface area contributed by atoms with Crippen LogP contribution in [0.25, 0.3) is 0 Å². The molecule has 340 valence electrons. The number of carbonyl (C=O) groups is 6. The number of anilines is 3. The maximum atomic E-state index is 15.4. The van der Waals surface area contributed by atoms with Crippen molar-refractivity contribution in [2.75, 3.05) is 21.7 Å². The summed E-state index contributed by atoms with van der Waals surface area (Å²) in [5, 5.41) is 25.6. The molecule has 65 heavy (non-hydrogen) atoms. The number of nitrogens with zero attached hydrogens (tertiary/aromatic N) is 3. The molecule has 0 radical (unpaired) electrons. The van der Waals surface area contributed by atoms with Crippen molar-refractivity contribution >= 4 is 52.9 Å². The predicted molar refractivity (Wildman–Crippen MR) is 242 cm³/mol. The standard InChI is InChI=1S/C49H55N7O9/c1-29(2)26-39-44(60)55-38-24-14-11-20-33(38)49(63,27-36-40-51-34-21-12-9-18-31(34)42(58)54(40)37-23-13-10-19-32(37)41(57)52-36)45(55)56(39)43(59)35(53-47(62)65-48(3,4)5)22-15-25-50-46(61)64-28-30-16-7-6-8-17-30/h6-14,16-21,23-24,29,35-36,39-40,45,51,63H,15,22,25-28H2,1-5H3,(H,50,61)(H,52,57)(H,53,62)/t35?,36-,39-,40?,45+,49-/m0/s1. The monoisotopic (exact) mass is 885 g/mol. The van der Waals surface area contributed by atoms with Crippen LogP contribution in [0.4, 0.5) is 26.7 Å². The summed E-state index contributed by atoms with van der Waals surface area (Å²) in [4.78, 5) is 89.4. The molecule has 0 aromatic heterocycles. The fourth-order valence-electron chi connectivity index (χ4n) is 9.40. The second-order valence-corrected chi connectivity index (χ2v) is 18.4. The minimum Gasteiger partial charge on any atom is -0.445 e. The van der Waals surface area contributed by atoms with Crippen LogP contribution in [0.15, 0.2) is 103 Å². The molecule has 6 atom stereocenters. The maximum Gasteiger partial charge on any atom is 0.408 e. The summed E-state index contributed by atoms with van der Waals surface area (Å²) in [6.07, 6.45) is -3.62. The third-order valence-electron chi connectivity index (χ3n) is 12.1. The molecule has 0 aliphatic carbocycles. The number of rotatable bonds is 12. The summed E-state index contributed by atoms with van der Waals surface area (Å²) < 4.78 is 11.0. The lowest BCUT2D eigenvalue weighted by Gasteiger charge is -2.44. The van der Waals surface area contributed by atoms with Crippen molar-refractivity contribution in [1.82, 2.24) is 20.9 Å². The van der Waals surface area contributed by atoms with Crippen molar-refractivity contribution in [2.24, 2.45) is 5.92 Å². The first-order valence-corrected chi connectivity index (χ1v) is 22.1. The van der Waals surface area contributed by atoms with Crippen LogP contribution in [-0.2, 0) is 31.3 Å². The molecule has 5 N–H and O–H groups in total. The van der Waals surface area contributed by atoms with Crippen LogP contribution in [0.5, 0.6) is 0 Å². The van der Waals surface area contributed by atoms with E-state index in [1.54, 1.807) is 93.6 Å². The molecule has 8 rings (SSSR count). The van der Waals surface area contributed by atoms with Gasteiger partial charge in [-0.05, 0) is 81.8 Å². The molecule has 4 heterocycles. The van der Waals surface area contributed by atoms with Crippen molar-refractivity contribution < 1.29 is 43.3 Å². The Bertz CT molecular complexity index is 2490. The van der Waals surface area contributed by atoms with Gasteiger partial charge in [-0.15, -0.1) is 0 Å². The van der Waals surface area contributed by atoms with Crippen LogP contribution in [0, 0.1) is 5.92 Å². The Hall–Kier alpha value is -6.94. The molecule has 6 amide bonds. The molecule has 1 fully saturated rings. The third kappa shape index (κ3) is 8.82. The van der Waals surface area contributed by atoms with Gasteiger partial charge in [-0.2, -0.15) is 0 Å². The fourth-order valence-corrected chi connectivity index (χ4v) is 9.40. The molecule has 0 spiro atoms. The van der Waals surface area contributed by atoms with Gasteiger partial charge in [-0.3, -0.25) is 29.0 Å². The Balaban J connectivity index is 1.14. The number of ether oxygens (including phenoxy) is 2. The van der Waals surface area contributed by atoms with E-state index in [0.29, 0.717) is 28.2 Å². The highest BCUT2D eigenvalue weighted by Crippen LogP contribution is 2.53. The van der Waals surface area contributed by atoms with E-state index in [-0.39, 0.29) is 56.2 Å². The molecule has 16 nitrogen and oxygen atoms in total. The Morgan fingerprint density at radius 2 is 1.48 bits per heavy atom. The van der Waals surface area contributed by atoms with Gasteiger partial charge in [0.15, 0.2) is 0 Å². The van der Waals surface area contributed by atoms with E-state index < -0.39 is 71.6 Å². The first-order chi connectivity index (χ1) is 31.1. The topological polar surface area (TPSA) is 199 Å². The summed E-state index contributed by atoms with van der Waals surface area (Å²) in [6, 6.07) is 26.6. The SMILES string of the molecule is CC(C)C[C@H]1C(=O)N2c3ccccc3[C@@](O)(C[C@@H]3NC(=O)c4ccccc4N4C(=O)c5ccccc5NC34)[C@H]2N1C(=O)C(CCCNC(=O)OCc1ccccc1)NC(=O)OC(C)(C)C. The zero-order valence-electron chi connectivity index (χ0n) is 37.1. The van der Waals surface area contributed by atoms with Gasteiger partial charge in [0, 0.05) is 24.2 Å². The van der Waals surface area contributed by atoms with Gasteiger partial charge in [-0.1, -0.05) is 86.6 Å². The number of carbonyl (C=O) groups excluding carboxylic acids is 6. The van der Waals surface area contributed by atoms with Crippen LogP contribution in [0.3, 0.4) is 0 Å². The van der Waals surface area contributed by atoms with Gasteiger partial charge in [0.2, 0.25) is 5.91 Å². The molecule has 16 heteroatoms. The Kier molecular flexibility index (Phi) is 12.3. The second-order valence-electron chi connectivity index (χ2n) is 18.4. The lowest BCUT2D eigenvalue weighted by atomic mass is 9.84. The fraction of sp³-hybridized carbons (Fsp3) is 0.388. The van der Waals surface area contributed by atoms with E-state index in [0.717, 1.165) is 5.56 Å². The van der Waals surface area contributed by atoms with Crippen LogP contribution >= 0.6 is 0 Å². The van der Waals surface area contributed by atoms with Crippen LogP contribution in [-0.4, -0.2) is 88.4 Å². The number of para-hydroxylation sites is 3. The van der Waals surface area contributed by atoms with Gasteiger partial charge in [0.1, 0.15) is 42.2 Å². The van der Waals surface area contributed by atoms with Crippen molar-refractivity contribution in [2.45, 2.75) is 109 Å². The predicted octanol–water partition coefficient (Wildman–Crippen LogP) is 6.00. The molecule has 2 unspecified atom stereocenters. The number of hydrogen-bond acceptors (Lipinski definition) is 10. The first-order valence-electron chi connectivity index (χ1n) is 22.1. The van der Waals surface area contributed by atoms with Crippen LogP contribution in [0.1, 0.15) is 92.1 Å². The highest BCUT2D eigenvalue weighted by Gasteiger charge is 2.64. The zero-order chi connectivity index (χ0) is 46.2. The lowest BCUT2D eigenvalue weighted by molar-refractivity contribution is -0.145. The summed E-state index contributed by atoms with van der Waals surface area (Å²) in [7, 11) is 0. The van der Waals surface area contributed by atoms with E-state index >= 15 is 4.79 Å². The van der Waals surface area contributed by atoms with Gasteiger partial charge in [0.05, 0.1) is 28.5 Å². The van der Waals surface area contributed by atoms with E-state index in [2.05, 4.69) is 21.3 Å². The second kappa shape index (κ2) is 17.9. The van der Waals surface area contributed by atoms with Gasteiger partial charge >= 0.3 is 12.2 Å². The van der Waals surface area contributed by atoms with Crippen molar-refractivity contribution in [3.63, 3.8) is 0 Å². The first kappa shape index (κ1) is 44.7. The molecular weight excluding hydrogens is 831 g/mol. The molecule has 4 aromatic carbocycles. The Labute approximate surface area is 377 Å². The summed E-state index contributed by atoms with van der Waals surface area (Å²) in [6.45, 7) is 9.08. The van der Waals surface area contributed by atoms with E-state index in [1.165, 1.54) is 14.7 Å². The van der Waals surface area contributed by atoms with Crippen molar-refractivity contribution in [3.8, 4) is 0 Å². The number of amides is 6. The smallest absolute Gasteiger partial charge is 0.408 e. The Morgan fingerprint density at radius 1 is 0.815 bits per heavy atom. The average molecular weight is 886 g/mol. The van der Waals surface area contributed by atoms with E-state index in [9.17, 15) is 29.1 Å². The largest absolute Gasteiger partial charge is 0.445 e. The quantitative estimate of drug-likeness (QED) is 0.105. The average Bonchev–Trinajstić information content (AvgIpc) is 3.65. The minimum atomic E-state index is -2.05. The number of nitrogens with one attached hydrogen (secondary N) is 4.